The molecule has 0 spiro atoms. The van der Waals surface area contributed by atoms with Crippen molar-refractivity contribution in [3.05, 3.63) is 53.6 Å². The lowest BCUT2D eigenvalue weighted by Crippen LogP contribution is -2.36. The van der Waals surface area contributed by atoms with E-state index in [0.717, 1.165) is 22.6 Å². The Hall–Kier alpha value is -2.89. The predicted octanol–water partition coefficient (Wildman–Crippen LogP) is 3.14. The predicted molar refractivity (Wildman–Crippen MR) is 101 cm³/mol. The van der Waals surface area contributed by atoms with Crippen molar-refractivity contribution in [2.75, 3.05) is 27.4 Å². The highest BCUT2D eigenvalue weighted by Crippen LogP contribution is 2.28. The molecule has 0 atom stereocenters. The van der Waals surface area contributed by atoms with E-state index >= 15 is 0 Å². The molecule has 2 aromatic rings. The van der Waals surface area contributed by atoms with Crippen molar-refractivity contribution in [1.29, 1.82) is 0 Å². The third-order valence-electron chi connectivity index (χ3n) is 3.86. The smallest absolute Gasteiger partial charge is 0.315 e. The molecule has 6 heteroatoms. The van der Waals surface area contributed by atoms with Crippen molar-refractivity contribution in [3.8, 4) is 17.2 Å². The van der Waals surface area contributed by atoms with E-state index in [9.17, 15) is 4.79 Å². The van der Waals surface area contributed by atoms with E-state index in [0.29, 0.717) is 31.9 Å². The van der Waals surface area contributed by atoms with Gasteiger partial charge in [-0.05, 0) is 37.1 Å². The van der Waals surface area contributed by atoms with Gasteiger partial charge in [0, 0.05) is 18.7 Å². The summed E-state index contributed by atoms with van der Waals surface area (Å²) >= 11 is 0. The van der Waals surface area contributed by atoms with Crippen LogP contribution < -0.4 is 24.8 Å². The van der Waals surface area contributed by atoms with Crippen LogP contribution in [0.5, 0.6) is 17.2 Å². The number of hydrogen-bond acceptors (Lipinski definition) is 4. The van der Waals surface area contributed by atoms with Gasteiger partial charge in [-0.15, -0.1) is 0 Å². The van der Waals surface area contributed by atoms with Crippen LogP contribution in [-0.4, -0.2) is 33.4 Å². The van der Waals surface area contributed by atoms with Crippen LogP contribution in [0, 0.1) is 0 Å². The van der Waals surface area contributed by atoms with Gasteiger partial charge in [0.2, 0.25) is 0 Å². The normalized spacial score (nSPS) is 10.1. The Balaban J connectivity index is 1.79. The second kappa shape index (κ2) is 10.2. The lowest BCUT2D eigenvalue weighted by Gasteiger charge is -2.12. The molecule has 2 aromatic carbocycles. The molecule has 0 unspecified atom stereocenters. The minimum absolute atomic E-state index is 0.214. The van der Waals surface area contributed by atoms with Gasteiger partial charge in [0.05, 0.1) is 20.8 Å². The summed E-state index contributed by atoms with van der Waals surface area (Å²) in [6, 6.07) is 13.2. The highest BCUT2D eigenvalue weighted by Gasteiger charge is 2.07. The lowest BCUT2D eigenvalue weighted by molar-refractivity contribution is 0.240. The number of ether oxygens (including phenoxy) is 3. The summed E-state index contributed by atoms with van der Waals surface area (Å²) in [5, 5.41) is 5.69. The minimum Gasteiger partial charge on any atom is -0.496 e. The third kappa shape index (κ3) is 5.58. The van der Waals surface area contributed by atoms with E-state index in [2.05, 4.69) is 10.6 Å². The Labute approximate surface area is 154 Å². The Morgan fingerprint density at radius 3 is 2.46 bits per heavy atom. The zero-order chi connectivity index (χ0) is 18.8. The molecule has 0 saturated heterocycles. The zero-order valence-corrected chi connectivity index (χ0v) is 15.5. The molecule has 26 heavy (non-hydrogen) atoms. The largest absolute Gasteiger partial charge is 0.496 e. The van der Waals surface area contributed by atoms with Gasteiger partial charge in [-0.1, -0.05) is 24.3 Å². The minimum atomic E-state index is -0.214. The fourth-order valence-electron chi connectivity index (χ4n) is 2.55. The topological polar surface area (TPSA) is 68.8 Å². The van der Waals surface area contributed by atoms with Gasteiger partial charge in [0.25, 0.3) is 0 Å². The van der Waals surface area contributed by atoms with E-state index in [1.807, 2.05) is 49.4 Å². The molecular weight excluding hydrogens is 332 g/mol. The summed E-state index contributed by atoms with van der Waals surface area (Å²) in [4.78, 5) is 12.0. The number of urea groups is 1. The van der Waals surface area contributed by atoms with E-state index in [4.69, 9.17) is 14.2 Å². The van der Waals surface area contributed by atoms with Crippen LogP contribution in [0.15, 0.2) is 42.5 Å². The average Bonchev–Trinajstić information content (AvgIpc) is 2.67. The van der Waals surface area contributed by atoms with Crippen LogP contribution in [-0.2, 0) is 13.0 Å². The molecule has 0 aliphatic heterocycles. The first-order valence-corrected chi connectivity index (χ1v) is 8.61. The van der Waals surface area contributed by atoms with Gasteiger partial charge < -0.3 is 24.8 Å². The second-order valence-corrected chi connectivity index (χ2v) is 5.59. The van der Waals surface area contributed by atoms with Crippen molar-refractivity contribution in [3.63, 3.8) is 0 Å². The quantitative estimate of drug-likeness (QED) is 0.723. The van der Waals surface area contributed by atoms with Crippen molar-refractivity contribution in [2.45, 2.75) is 19.9 Å². The number of rotatable bonds is 9. The fraction of sp³-hybridized carbons (Fsp3) is 0.350. The van der Waals surface area contributed by atoms with Gasteiger partial charge in [0.15, 0.2) is 11.5 Å². The number of hydrogen-bond donors (Lipinski definition) is 2. The maximum Gasteiger partial charge on any atom is 0.315 e. The van der Waals surface area contributed by atoms with Crippen LogP contribution in [0.1, 0.15) is 18.1 Å². The zero-order valence-electron chi connectivity index (χ0n) is 15.5. The number of carbonyl (C=O) groups is 1. The average molecular weight is 358 g/mol. The molecular formula is C20H26N2O4. The summed E-state index contributed by atoms with van der Waals surface area (Å²) in [6.45, 7) is 3.45. The molecule has 0 radical (unpaired) electrons. The first-order valence-electron chi connectivity index (χ1n) is 8.61. The molecule has 0 saturated carbocycles. The van der Waals surface area contributed by atoms with Crippen molar-refractivity contribution >= 4 is 6.03 Å². The summed E-state index contributed by atoms with van der Waals surface area (Å²) in [7, 11) is 3.23. The molecule has 2 rings (SSSR count). The van der Waals surface area contributed by atoms with Crippen LogP contribution in [0.2, 0.25) is 0 Å². The fourth-order valence-corrected chi connectivity index (χ4v) is 2.55. The second-order valence-electron chi connectivity index (χ2n) is 5.59. The van der Waals surface area contributed by atoms with E-state index in [1.165, 1.54) is 0 Å². The molecule has 0 aliphatic rings. The molecule has 0 bridgehead atoms. The molecule has 0 heterocycles. The number of para-hydroxylation sites is 1. The maximum atomic E-state index is 12.0. The number of methoxy groups -OCH3 is 2. The Bertz CT molecular complexity index is 719. The van der Waals surface area contributed by atoms with Crippen molar-refractivity contribution < 1.29 is 19.0 Å². The summed E-state index contributed by atoms with van der Waals surface area (Å²) in [6.07, 6.45) is 0.699. The Kier molecular flexibility index (Phi) is 7.61. The molecule has 2 amide bonds. The van der Waals surface area contributed by atoms with Gasteiger partial charge in [-0.25, -0.2) is 4.79 Å². The van der Waals surface area contributed by atoms with Crippen LogP contribution in [0.4, 0.5) is 4.79 Å². The number of amides is 2. The van der Waals surface area contributed by atoms with E-state index in [-0.39, 0.29) is 6.03 Å². The molecule has 140 valence electrons. The standard InChI is InChI=1S/C20H26N2O4/c1-4-26-18-10-9-15(13-19(18)25-3)11-12-21-20(23)22-14-16-7-5-6-8-17(16)24-2/h5-10,13H,4,11-12,14H2,1-3H3,(H2,21,22,23). The van der Waals surface area contributed by atoms with Gasteiger partial charge in [-0.3, -0.25) is 0 Å². The monoisotopic (exact) mass is 358 g/mol. The van der Waals surface area contributed by atoms with Crippen LogP contribution in [0.3, 0.4) is 0 Å². The van der Waals surface area contributed by atoms with E-state index < -0.39 is 0 Å². The van der Waals surface area contributed by atoms with Crippen LogP contribution >= 0.6 is 0 Å². The Morgan fingerprint density at radius 1 is 0.962 bits per heavy atom. The number of carbonyl (C=O) groups excluding carboxylic acids is 1. The number of nitrogens with one attached hydrogen (secondary N) is 2. The highest BCUT2D eigenvalue weighted by molar-refractivity contribution is 5.73. The molecule has 0 aromatic heterocycles. The van der Waals surface area contributed by atoms with Crippen LogP contribution in [0.25, 0.3) is 0 Å². The van der Waals surface area contributed by atoms with Gasteiger partial charge in [0.1, 0.15) is 5.75 Å². The number of benzene rings is 2. The van der Waals surface area contributed by atoms with E-state index in [1.54, 1.807) is 14.2 Å². The molecule has 0 fully saturated rings. The van der Waals surface area contributed by atoms with Gasteiger partial charge in [-0.2, -0.15) is 0 Å². The SMILES string of the molecule is CCOc1ccc(CCNC(=O)NCc2ccccc2OC)cc1OC. The maximum absolute atomic E-state index is 12.0. The van der Waals surface area contributed by atoms with Gasteiger partial charge >= 0.3 is 6.03 Å². The van der Waals surface area contributed by atoms with Crippen molar-refractivity contribution in [2.24, 2.45) is 0 Å². The summed E-state index contributed by atoms with van der Waals surface area (Å²) in [5.41, 5.74) is 2.00. The summed E-state index contributed by atoms with van der Waals surface area (Å²) in [5.74, 6) is 2.18. The third-order valence-corrected chi connectivity index (χ3v) is 3.86. The molecule has 0 aliphatic carbocycles. The highest BCUT2D eigenvalue weighted by atomic mass is 16.5. The first-order chi connectivity index (χ1) is 12.7. The first kappa shape index (κ1) is 19.4. The summed E-state index contributed by atoms with van der Waals surface area (Å²) < 4.78 is 16.1. The lowest BCUT2D eigenvalue weighted by atomic mass is 10.1. The van der Waals surface area contributed by atoms with Crippen molar-refractivity contribution in [1.82, 2.24) is 10.6 Å². The molecule has 6 nitrogen and oxygen atoms in total. The molecule has 2 N–H and O–H groups in total. The Morgan fingerprint density at radius 2 is 1.73 bits per heavy atom.